The Bertz CT molecular complexity index is 229. The highest BCUT2D eigenvalue weighted by Gasteiger charge is 2.27. The number of amides is 2. The molecule has 0 spiro atoms. The van der Waals surface area contributed by atoms with E-state index in [1.165, 1.54) is 7.11 Å². The van der Waals surface area contributed by atoms with Crippen molar-refractivity contribution in [3.8, 4) is 0 Å². The quantitative estimate of drug-likeness (QED) is 0.504. The van der Waals surface area contributed by atoms with Crippen molar-refractivity contribution in [2.24, 2.45) is 0 Å². The fourth-order valence-corrected chi connectivity index (χ4v) is 0.773. The van der Waals surface area contributed by atoms with Crippen LogP contribution in [0.25, 0.3) is 0 Å². The minimum atomic E-state index is -0.454. The van der Waals surface area contributed by atoms with E-state index in [2.05, 4.69) is 10.1 Å². The van der Waals surface area contributed by atoms with Crippen molar-refractivity contribution in [2.75, 3.05) is 7.11 Å². The zero-order chi connectivity index (χ0) is 7.72. The maximum Gasteiger partial charge on any atom is 0.293 e. The lowest BCUT2D eigenvalue weighted by Crippen LogP contribution is -2.23. The first-order valence-electron chi connectivity index (χ1n) is 2.77. The van der Waals surface area contributed by atoms with Crippen LogP contribution in [0.3, 0.4) is 0 Å². The smallest absolute Gasteiger partial charge is 0.293 e. The summed E-state index contributed by atoms with van der Waals surface area (Å²) in [5, 5.41) is 2.09. The molecule has 1 rings (SSSR count). The van der Waals surface area contributed by atoms with Gasteiger partial charge in [-0.3, -0.25) is 14.9 Å². The zero-order valence-electron chi connectivity index (χ0n) is 5.72. The average molecular weight is 141 g/mol. The predicted molar refractivity (Wildman–Crippen MR) is 32.9 cm³/mol. The van der Waals surface area contributed by atoms with Crippen molar-refractivity contribution in [1.82, 2.24) is 5.32 Å². The van der Waals surface area contributed by atoms with Gasteiger partial charge in [0.05, 0.1) is 12.7 Å². The summed E-state index contributed by atoms with van der Waals surface area (Å²) in [5.74, 6) is -0.711. The van der Waals surface area contributed by atoms with E-state index < -0.39 is 5.91 Å². The second-order valence-corrected chi connectivity index (χ2v) is 1.94. The lowest BCUT2D eigenvalue weighted by Gasteiger charge is -1.94. The molecule has 1 aliphatic rings. The molecule has 0 aliphatic carbocycles. The van der Waals surface area contributed by atoms with E-state index in [4.69, 9.17) is 0 Å². The van der Waals surface area contributed by atoms with Crippen LogP contribution < -0.4 is 5.32 Å². The number of imide groups is 1. The molecule has 0 unspecified atom stereocenters. The zero-order valence-corrected chi connectivity index (χ0v) is 5.72. The maximum absolute atomic E-state index is 10.7. The number of carbonyl (C=O) groups is 2. The van der Waals surface area contributed by atoms with E-state index in [1.54, 1.807) is 6.92 Å². The first-order chi connectivity index (χ1) is 4.66. The largest absolute Gasteiger partial charge is 0.491 e. The molecule has 0 aromatic carbocycles. The number of hydrogen-bond donors (Lipinski definition) is 1. The Balaban J connectivity index is 3.01. The molecule has 0 aromatic heterocycles. The van der Waals surface area contributed by atoms with E-state index in [0.717, 1.165) is 0 Å². The van der Waals surface area contributed by atoms with E-state index in [9.17, 15) is 9.59 Å². The molecule has 1 aliphatic heterocycles. The fourth-order valence-electron chi connectivity index (χ4n) is 0.773. The minimum Gasteiger partial charge on any atom is -0.491 e. The summed E-state index contributed by atoms with van der Waals surface area (Å²) in [7, 11) is 1.36. The van der Waals surface area contributed by atoms with Gasteiger partial charge in [-0.25, -0.2) is 0 Å². The normalized spacial score (nSPS) is 17.8. The molecule has 0 atom stereocenters. The van der Waals surface area contributed by atoms with Crippen molar-refractivity contribution in [1.29, 1.82) is 0 Å². The summed E-state index contributed by atoms with van der Waals surface area (Å²) in [6, 6.07) is 0. The Morgan fingerprint density at radius 3 is 2.10 bits per heavy atom. The Morgan fingerprint density at radius 1 is 1.30 bits per heavy atom. The Hall–Kier alpha value is -1.32. The Labute approximate surface area is 57.9 Å². The number of hydrogen-bond acceptors (Lipinski definition) is 3. The monoisotopic (exact) mass is 141 g/mol. The molecule has 0 aromatic rings. The molecule has 0 bridgehead atoms. The van der Waals surface area contributed by atoms with Gasteiger partial charge in [0.2, 0.25) is 0 Å². The van der Waals surface area contributed by atoms with Crippen molar-refractivity contribution in [3.63, 3.8) is 0 Å². The topological polar surface area (TPSA) is 55.4 Å². The summed E-state index contributed by atoms with van der Waals surface area (Å²) in [6.45, 7) is 1.54. The number of ether oxygens (including phenoxy) is 1. The number of rotatable bonds is 1. The average Bonchev–Trinajstić information content (AvgIpc) is 2.09. The first kappa shape index (κ1) is 6.80. The van der Waals surface area contributed by atoms with Gasteiger partial charge in [-0.15, -0.1) is 0 Å². The van der Waals surface area contributed by atoms with Crippen LogP contribution in [-0.2, 0) is 14.3 Å². The van der Waals surface area contributed by atoms with Crippen LogP contribution in [0.2, 0.25) is 0 Å². The van der Waals surface area contributed by atoms with Gasteiger partial charge in [0.25, 0.3) is 11.8 Å². The second-order valence-electron chi connectivity index (χ2n) is 1.94. The van der Waals surface area contributed by atoms with Crippen molar-refractivity contribution >= 4 is 11.8 Å². The van der Waals surface area contributed by atoms with Gasteiger partial charge < -0.3 is 4.74 Å². The molecule has 1 heterocycles. The lowest BCUT2D eigenvalue weighted by atomic mass is 10.3. The molecule has 0 fully saturated rings. The molecule has 54 valence electrons. The van der Waals surface area contributed by atoms with Crippen LogP contribution in [0.4, 0.5) is 0 Å². The van der Waals surface area contributed by atoms with Gasteiger partial charge in [-0.2, -0.15) is 0 Å². The molecule has 0 saturated carbocycles. The van der Waals surface area contributed by atoms with Crippen LogP contribution in [-0.4, -0.2) is 18.9 Å². The molecular weight excluding hydrogens is 134 g/mol. The van der Waals surface area contributed by atoms with Gasteiger partial charge >= 0.3 is 0 Å². The predicted octanol–water partition coefficient (Wildman–Crippen LogP) is -0.437. The van der Waals surface area contributed by atoms with E-state index in [-0.39, 0.29) is 11.7 Å². The first-order valence-corrected chi connectivity index (χ1v) is 2.77. The van der Waals surface area contributed by atoms with Crippen LogP contribution in [0, 0.1) is 0 Å². The highest BCUT2D eigenvalue weighted by atomic mass is 16.5. The van der Waals surface area contributed by atoms with Crippen LogP contribution in [0.5, 0.6) is 0 Å². The number of methoxy groups -OCH3 is 1. The molecule has 0 radical (unpaired) electrons. The minimum absolute atomic E-state index is 0.116. The van der Waals surface area contributed by atoms with Gasteiger partial charge in [-0.1, -0.05) is 0 Å². The third-order valence-electron chi connectivity index (χ3n) is 1.32. The van der Waals surface area contributed by atoms with Gasteiger partial charge in [-0.05, 0) is 6.92 Å². The third kappa shape index (κ3) is 0.775. The van der Waals surface area contributed by atoms with Gasteiger partial charge in [0.1, 0.15) is 0 Å². The Morgan fingerprint density at radius 2 is 1.90 bits per heavy atom. The van der Waals surface area contributed by atoms with Crippen LogP contribution >= 0.6 is 0 Å². The summed E-state index contributed by atoms with van der Waals surface area (Å²) in [6.07, 6.45) is 0. The van der Waals surface area contributed by atoms with Crippen LogP contribution in [0.1, 0.15) is 6.92 Å². The highest BCUT2D eigenvalue weighted by molar-refractivity contribution is 6.18. The summed E-state index contributed by atoms with van der Waals surface area (Å²) in [5.41, 5.74) is 0.340. The molecule has 2 amide bonds. The maximum atomic E-state index is 10.7. The second kappa shape index (κ2) is 2.13. The standard InChI is InChI=1S/C6H7NO3/c1-3-4(10-2)6(9)7-5(3)8/h1-2H3,(H,7,8,9). The van der Waals surface area contributed by atoms with Crippen molar-refractivity contribution < 1.29 is 14.3 Å². The molecular formula is C6H7NO3. The van der Waals surface area contributed by atoms with Crippen molar-refractivity contribution in [3.05, 3.63) is 11.3 Å². The van der Waals surface area contributed by atoms with Gasteiger partial charge in [0.15, 0.2) is 5.76 Å². The highest BCUT2D eigenvalue weighted by Crippen LogP contribution is 2.10. The summed E-state index contributed by atoms with van der Waals surface area (Å²) < 4.78 is 4.65. The molecule has 4 heteroatoms. The SMILES string of the molecule is COC1=C(C)C(=O)NC1=O. The molecule has 1 N–H and O–H groups in total. The Kier molecular flexibility index (Phi) is 1.45. The van der Waals surface area contributed by atoms with Crippen LogP contribution in [0.15, 0.2) is 11.3 Å². The van der Waals surface area contributed by atoms with E-state index in [0.29, 0.717) is 5.57 Å². The molecule has 10 heavy (non-hydrogen) atoms. The van der Waals surface area contributed by atoms with Crippen molar-refractivity contribution in [2.45, 2.75) is 6.92 Å². The fraction of sp³-hybridized carbons (Fsp3) is 0.333. The molecule has 0 saturated heterocycles. The molecule has 4 nitrogen and oxygen atoms in total. The van der Waals surface area contributed by atoms with E-state index >= 15 is 0 Å². The van der Waals surface area contributed by atoms with Gasteiger partial charge in [0, 0.05) is 0 Å². The lowest BCUT2D eigenvalue weighted by molar-refractivity contribution is -0.125. The number of carbonyl (C=O) groups excluding carboxylic acids is 2. The summed E-state index contributed by atoms with van der Waals surface area (Å²) >= 11 is 0. The number of nitrogens with one attached hydrogen (secondary N) is 1. The third-order valence-corrected chi connectivity index (χ3v) is 1.32. The van der Waals surface area contributed by atoms with E-state index in [1.807, 2.05) is 0 Å². The summed E-state index contributed by atoms with van der Waals surface area (Å²) in [4.78, 5) is 21.4.